The third-order valence-corrected chi connectivity index (χ3v) is 3.57. The van der Waals surface area contributed by atoms with Crippen LogP contribution in [0.1, 0.15) is 30.3 Å². The molecule has 0 radical (unpaired) electrons. The maximum Gasteiger partial charge on any atom is 0.191 e. The first-order valence-electron chi connectivity index (χ1n) is 8.13. The van der Waals surface area contributed by atoms with Gasteiger partial charge in [0.1, 0.15) is 12.1 Å². The standard InChI is InChI=1S/C17H26N6O.HI/c1-5-8-24-15-9-13(2)6-7-14(15)10-19-17(18-3)20-11-16-22-21-12-23(16)4;/h6-7,9,12H,5,8,10-11H2,1-4H3,(H2,18,19,20);1H. The van der Waals surface area contributed by atoms with Gasteiger partial charge in [-0.1, -0.05) is 19.1 Å². The Morgan fingerprint density at radius 1 is 1.28 bits per heavy atom. The number of nitrogens with zero attached hydrogens (tertiary/aromatic N) is 4. The molecule has 0 atom stereocenters. The smallest absolute Gasteiger partial charge is 0.191 e. The van der Waals surface area contributed by atoms with Crippen LogP contribution in [-0.4, -0.2) is 34.4 Å². The summed E-state index contributed by atoms with van der Waals surface area (Å²) >= 11 is 0. The van der Waals surface area contributed by atoms with E-state index in [-0.39, 0.29) is 24.0 Å². The van der Waals surface area contributed by atoms with Gasteiger partial charge in [0, 0.05) is 26.2 Å². The molecule has 0 fully saturated rings. The summed E-state index contributed by atoms with van der Waals surface area (Å²) in [4.78, 5) is 4.24. The predicted octanol–water partition coefficient (Wildman–Crippen LogP) is 2.40. The zero-order chi connectivity index (χ0) is 17.4. The number of aromatic nitrogens is 3. The summed E-state index contributed by atoms with van der Waals surface area (Å²) in [6, 6.07) is 6.25. The van der Waals surface area contributed by atoms with Crippen molar-refractivity contribution in [2.45, 2.75) is 33.4 Å². The third-order valence-electron chi connectivity index (χ3n) is 3.57. The summed E-state index contributed by atoms with van der Waals surface area (Å²) in [5.74, 6) is 2.48. The maximum absolute atomic E-state index is 5.85. The van der Waals surface area contributed by atoms with Crippen molar-refractivity contribution >= 4 is 29.9 Å². The van der Waals surface area contributed by atoms with Gasteiger partial charge in [0.05, 0.1) is 13.2 Å². The molecule has 0 unspecified atom stereocenters. The Bertz CT molecular complexity index is 686. The lowest BCUT2D eigenvalue weighted by Crippen LogP contribution is -2.37. The first-order chi connectivity index (χ1) is 11.6. The van der Waals surface area contributed by atoms with Gasteiger partial charge in [0.2, 0.25) is 0 Å². The van der Waals surface area contributed by atoms with E-state index in [1.807, 2.05) is 11.6 Å². The molecule has 0 aliphatic heterocycles. The molecule has 7 nitrogen and oxygen atoms in total. The van der Waals surface area contributed by atoms with E-state index in [4.69, 9.17) is 4.74 Å². The Morgan fingerprint density at radius 2 is 2.04 bits per heavy atom. The van der Waals surface area contributed by atoms with Crippen LogP contribution in [0.4, 0.5) is 0 Å². The normalized spacial score (nSPS) is 11.0. The summed E-state index contributed by atoms with van der Waals surface area (Å²) < 4.78 is 7.72. The van der Waals surface area contributed by atoms with Crippen molar-refractivity contribution in [2.75, 3.05) is 13.7 Å². The molecule has 0 saturated heterocycles. The highest BCUT2D eigenvalue weighted by molar-refractivity contribution is 14.0. The van der Waals surface area contributed by atoms with Crippen LogP contribution in [0, 0.1) is 6.92 Å². The van der Waals surface area contributed by atoms with Crippen molar-refractivity contribution in [3.05, 3.63) is 41.5 Å². The molecule has 1 aromatic carbocycles. The van der Waals surface area contributed by atoms with E-state index in [9.17, 15) is 0 Å². The largest absolute Gasteiger partial charge is 0.493 e. The zero-order valence-electron chi connectivity index (χ0n) is 15.2. The maximum atomic E-state index is 5.85. The van der Waals surface area contributed by atoms with Gasteiger partial charge >= 0.3 is 0 Å². The topological polar surface area (TPSA) is 76.4 Å². The molecule has 0 saturated carbocycles. The fourth-order valence-electron chi connectivity index (χ4n) is 2.18. The lowest BCUT2D eigenvalue weighted by Gasteiger charge is -2.15. The van der Waals surface area contributed by atoms with E-state index in [1.54, 1.807) is 13.4 Å². The fourth-order valence-corrected chi connectivity index (χ4v) is 2.18. The summed E-state index contributed by atoms with van der Waals surface area (Å²) in [6.07, 6.45) is 2.67. The Morgan fingerprint density at radius 3 is 2.68 bits per heavy atom. The first-order valence-corrected chi connectivity index (χ1v) is 8.13. The number of halogens is 1. The predicted molar refractivity (Wildman–Crippen MR) is 110 cm³/mol. The number of benzene rings is 1. The highest BCUT2D eigenvalue weighted by Gasteiger charge is 2.07. The molecule has 0 spiro atoms. The van der Waals surface area contributed by atoms with Crippen molar-refractivity contribution in [2.24, 2.45) is 12.0 Å². The number of hydrogen-bond acceptors (Lipinski definition) is 4. The molecule has 25 heavy (non-hydrogen) atoms. The zero-order valence-corrected chi connectivity index (χ0v) is 17.6. The third kappa shape index (κ3) is 6.52. The average molecular weight is 458 g/mol. The van der Waals surface area contributed by atoms with E-state index in [0.29, 0.717) is 19.0 Å². The molecule has 0 aliphatic carbocycles. The number of guanidine groups is 1. The lowest BCUT2D eigenvalue weighted by atomic mass is 10.1. The van der Waals surface area contributed by atoms with Crippen LogP contribution in [0.15, 0.2) is 29.5 Å². The number of rotatable bonds is 7. The molecular weight excluding hydrogens is 431 g/mol. The van der Waals surface area contributed by atoms with Gasteiger partial charge in [-0.3, -0.25) is 4.99 Å². The minimum atomic E-state index is 0. The number of ether oxygens (including phenoxy) is 1. The minimum Gasteiger partial charge on any atom is -0.493 e. The molecule has 8 heteroatoms. The molecular formula is C17H27IN6O. The Labute approximate surface area is 166 Å². The second kappa shape index (κ2) is 10.9. The Hall–Kier alpha value is -1.84. The van der Waals surface area contributed by atoms with Crippen LogP contribution in [-0.2, 0) is 20.1 Å². The van der Waals surface area contributed by atoms with E-state index >= 15 is 0 Å². The lowest BCUT2D eigenvalue weighted by molar-refractivity contribution is 0.313. The monoisotopic (exact) mass is 458 g/mol. The SMILES string of the molecule is CCCOc1cc(C)ccc1CNC(=NC)NCc1nncn1C.I. The van der Waals surface area contributed by atoms with Crippen molar-refractivity contribution in [3.63, 3.8) is 0 Å². The van der Waals surface area contributed by atoms with Crippen LogP contribution >= 0.6 is 24.0 Å². The van der Waals surface area contributed by atoms with Crippen LogP contribution in [0.3, 0.4) is 0 Å². The first kappa shape index (κ1) is 21.2. The van der Waals surface area contributed by atoms with E-state index in [1.165, 1.54) is 5.56 Å². The van der Waals surface area contributed by atoms with Gasteiger partial charge in [-0.25, -0.2) is 0 Å². The average Bonchev–Trinajstić information content (AvgIpc) is 2.99. The fraction of sp³-hybridized carbons (Fsp3) is 0.471. The molecule has 1 heterocycles. The molecule has 0 aliphatic rings. The van der Waals surface area contributed by atoms with Gasteiger partial charge in [-0.05, 0) is 25.0 Å². The van der Waals surface area contributed by atoms with Crippen molar-refractivity contribution in [1.29, 1.82) is 0 Å². The summed E-state index contributed by atoms with van der Waals surface area (Å²) in [7, 11) is 3.66. The van der Waals surface area contributed by atoms with E-state index in [2.05, 4.69) is 57.9 Å². The van der Waals surface area contributed by atoms with Crippen LogP contribution in [0.25, 0.3) is 0 Å². The molecule has 2 rings (SSSR count). The molecule has 0 amide bonds. The van der Waals surface area contributed by atoms with E-state index < -0.39 is 0 Å². The molecule has 1 aromatic heterocycles. The molecule has 138 valence electrons. The number of nitrogens with one attached hydrogen (secondary N) is 2. The second-order valence-electron chi connectivity index (χ2n) is 5.60. The molecule has 2 aromatic rings. The Kier molecular flexibility index (Phi) is 9.25. The minimum absolute atomic E-state index is 0. The van der Waals surface area contributed by atoms with Crippen LogP contribution in [0.2, 0.25) is 0 Å². The van der Waals surface area contributed by atoms with Gasteiger partial charge in [-0.15, -0.1) is 34.2 Å². The van der Waals surface area contributed by atoms with Crippen molar-refractivity contribution in [1.82, 2.24) is 25.4 Å². The second-order valence-corrected chi connectivity index (χ2v) is 5.60. The van der Waals surface area contributed by atoms with Gasteiger partial charge in [-0.2, -0.15) is 0 Å². The van der Waals surface area contributed by atoms with Crippen LogP contribution < -0.4 is 15.4 Å². The molecule has 0 bridgehead atoms. The number of aliphatic imine (C=N–C) groups is 1. The van der Waals surface area contributed by atoms with Gasteiger partial charge in [0.15, 0.2) is 11.8 Å². The quantitative estimate of drug-likeness (QED) is 0.379. The molecule has 2 N–H and O–H groups in total. The van der Waals surface area contributed by atoms with Gasteiger partial charge < -0.3 is 19.9 Å². The van der Waals surface area contributed by atoms with Crippen molar-refractivity contribution < 1.29 is 4.74 Å². The Balaban J connectivity index is 0.00000312. The number of aryl methyl sites for hydroxylation is 2. The van der Waals surface area contributed by atoms with E-state index in [0.717, 1.165) is 30.2 Å². The summed E-state index contributed by atoms with van der Waals surface area (Å²) in [5, 5.41) is 14.4. The number of hydrogen-bond donors (Lipinski definition) is 2. The highest BCUT2D eigenvalue weighted by atomic mass is 127. The van der Waals surface area contributed by atoms with Crippen LogP contribution in [0.5, 0.6) is 5.75 Å². The summed E-state index contributed by atoms with van der Waals surface area (Å²) in [6.45, 7) is 6.08. The van der Waals surface area contributed by atoms with Gasteiger partial charge in [0.25, 0.3) is 0 Å². The summed E-state index contributed by atoms with van der Waals surface area (Å²) in [5.41, 5.74) is 2.30. The van der Waals surface area contributed by atoms with Crippen molar-refractivity contribution in [3.8, 4) is 5.75 Å². The highest BCUT2D eigenvalue weighted by Crippen LogP contribution is 2.20.